The van der Waals surface area contributed by atoms with E-state index in [1.54, 1.807) is 6.20 Å². The zero-order valence-electron chi connectivity index (χ0n) is 11.7. The Kier molecular flexibility index (Phi) is 4.06. The van der Waals surface area contributed by atoms with Crippen LogP contribution in [-0.2, 0) is 12.8 Å². The first-order valence-corrected chi connectivity index (χ1v) is 8.02. The van der Waals surface area contributed by atoms with Crippen molar-refractivity contribution in [2.45, 2.75) is 38.6 Å². The van der Waals surface area contributed by atoms with E-state index in [4.69, 9.17) is 0 Å². The molecule has 1 N–H and O–H groups in total. The van der Waals surface area contributed by atoms with Crippen molar-refractivity contribution in [3.8, 4) is 0 Å². The topological polar surface area (TPSA) is 24.9 Å². The number of hydrogen-bond donors (Lipinski definition) is 1. The number of rotatable bonds is 3. The lowest BCUT2D eigenvalue weighted by molar-refractivity contribution is 0.683. The molecule has 0 fully saturated rings. The van der Waals surface area contributed by atoms with Crippen LogP contribution in [0.4, 0.5) is 5.69 Å². The predicted octanol–water partition coefficient (Wildman–Crippen LogP) is 4.90. The predicted molar refractivity (Wildman–Crippen MR) is 87.1 cm³/mol. The Hall–Kier alpha value is -1.35. The second-order valence-corrected chi connectivity index (χ2v) is 6.19. The van der Waals surface area contributed by atoms with Gasteiger partial charge in [-0.25, -0.2) is 4.98 Å². The maximum Gasteiger partial charge on any atom is 0.129 e. The van der Waals surface area contributed by atoms with E-state index in [0.717, 1.165) is 10.3 Å². The summed E-state index contributed by atoms with van der Waals surface area (Å²) in [7, 11) is 0. The van der Waals surface area contributed by atoms with Gasteiger partial charge in [-0.15, -0.1) is 0 Å². The molecule has 1 aliphatic carbocycles. The highest BCUT2D eigenvalue weighted by molar-refractivity contribution is 9.10. The van der Waals surface area contributed by atoms with Crippen LogP contribution in [0.1, 0.15) is 42.5 Å². The summed E-state index contributed by atoms with van der Waals surface area (Å²) in [6, 6.07) is 11.2. The first-order valence-electron chi connectivity index (χ1n) is 7.23. The van der Waals surface area contributed by atoms with Gasteiger partial charge in [-0.1, -0.05) is 18.2 Å². The third kappa shape index (κ3) is 2.88. The van der Waals surface area contributed by atoms with Crippen LogP contribution < -0.4 is 5.32 Å². The summed E-state index contributed by atoms with van der Waals surface area (Å²) in [5, 5.41) is 3.52. The number of halogens is 1. The molecule has 1 aromatic carbocycles. The van der Waals surface area contributed by atoms with Crippen LogP contribution in [0, 0.1) is 0 Å². The highest BCUT2D eigenvalue weighted by atomic mass is 79.9. The monoisotopic (exact) mass is 330 g/mol. The van der Waals surface area contributed by atoms with Gasteiger partial charge in [0.25, 0.3) is 0 Å². The van der Waals surface area contributed by atoms with Crippen LogP contribution in [-0.4, -0.2) is 4.98 Å². The molecule has 1 aromatic heterocycles. The second kappa shape index (κ2) is 5.96. The van der Waals surface area contributed by atoms with Gasteiger partial charge in [0.1, 0.15) is 4.60 Å². The number of aryl methyl sites for hydroxylation is 2. The molecule has 1 aliphatic rings. The summed E-state index contributed by atoms with van der Waals surface area (Å²) >= 11 is 3.48. The molecule has 3 rings (SSSR count). The molecule has 20 heavy (non-hydrogen) atoms. The lowest BCUT2D eigenvalue weighted by Gasteiger charge is -2.21. The van der Waals surface area contributed by atoms with Crippen LogP contribution >= 0.6 is 15.9 Å². The fourth-order valence-corrected chi connectivity index (χ4v) is 3.20. The minimum Gasteiger partial charge on any atom is -0.376 e. The van der Waals surface area contributed by atoms with E-state index in [-0.39, 0.29) is 6.04 Å². The lowest BCUT2D eigenvalue weighted by Crippen LogP contribution is -2.10. The Morgan fingerprint density at radius 2 is 1.95 bits per heavy atom. The number of benzene rings is 1. The number of anilines is 1. The minimum atomic E-state index is 0.280. The molecule has 1 heterocycles. The van der Waals surface area contributed by atoms with Crippen molar-refractivity contribution >= 4 is 21.6 Å². The van der Waals surface area contributed by atoms with E-state index in [9.17, 15) is 0 Å². The van der Waals surface area contributed by atoms with Gasteiger partial charge in [-0.05, 0) is 77.4 Å². The molecular formula is C17H19BrN2. The smallest absolute Gasteiger partial charge is 0.129 e. The number of pyridine rings is 1. The summed E-state index contributed by atoms with van der Waals surface area (Å²) in [6.45, 7) is 2.20. The molecule has 2 aromatic rings. The van der Waals surface area contributed by atoms with Crippen molar-refractivity contribution in [3.05, 3.63) is 57.8 Å². The average molecular weight is 331 g/mol. The van der Waals surface area contributed by atoms with Gasteiger partial charge in [0.2, 0.25) is 0 Å². The Morgan fingerprint density at radius 1 is 1.15 bits per heavy atom. The molecule has 1 atom stereocenters. The van der Waals surface area contributed by atoms with E-state index in [1.807, 2.05) is 12.1 Å². The Labute approximate surface area is 128 Å². The molecule has 3 heteroatoms. The van der Waals surface area contributed by atoms with Gasteiger partial charge in [0.05, 0.1) is 5.69 Å². The van der Waals surface area contributed by atoms with Crippen molar-refractivity contribution in [3.63, 3.8) is 0 Å². The van der Waals surface area contributed by atoms with E-state index in [1.165, 1.54) is 42.4 Å². The molecule has 0 saturated carbocycles. The number of nitrogens with zero attached hydrogens (tertiary/aromatic N) is 1. The van der Waals surface area contributed by atoms with Crippen molar-refractivity contribution in [1.82, 2.24) is 4.98 Å². The summed E-state index contributed by atoms with van der Waals surface area (Å²) < 4.78 is 0.866. The van der Waals surface area contributed by atoms with E-state index >= 15 is 0 Å². The molecule has 0 aliphatic heterocycles. The van der Waals surface area contributed by atoms with Crippen molar-refractivity contribution in [2.24, 2.45) is 0 Å². The first kappa shape index (κ1) is 13.6. The molecule has 0 radical (unpaired) electrons. The second-order valence-electron chi connectivity index (χ2n) is 5.44. The Morgan fingerprint density at radius 3 is 2.75 bits per heavy atom. The van der Waals surface area contributed by atoms with Crippen LogP contribution in [0.2, 0.25) is 0 Å². The van der Waals surface area contributed by atoms with Crippen LogP contribution in [0.15, 0.2) is 41.1 Å². The van der Waals surface area contributed by atoms with E-state index in [2.05, 4.69) is 51.4 Å². The normalized spacial score (nSPS) is 15.5. The molecule has 2 nitrogen and oxygen atoms in total. The van der Waals surface area contributed by atoms with Gasteiger partial charge in [0, 0.05) is 12.2 Å². The first-order chi connectivity index (χ1) is 9.74. The lowest BCUT2D eigenvalue weighted by atomic mass is 9.89. The number of aromatic nitrogens is 1. The summed E-state index contributed by atoms with van der Waals surface area (Å²) in [4.78, 5) is 4.25. The van der Waals surface area contributed by atoms with Crippen molar-refractivity contribution in [2.75, 3.05) is 5.32 Å². The van der Waals surface area contributed by atoms with Gasteiger partial charge < -0.3 is 5.32 Å². The van der Waals surface area contributed by atoms with Gasteiger partial charge >= 0.3 is 0 Å². The summed E-state index contributed by atoms with van der Waals surface area (Å²) in [5.74, 6) is 0. The Balaban J connectivity index is 1.80. The number of nitrogens with one attached hydrogen (secondary N) is 1. The third-order valence-electron chi connectivity index (χ3n) is 4.00. The summed E-state index contributed by atoms with van der Waals surface area (Å²) in [5.41, 5.74) is 5.46. The van der Waals surface area contributed by atoms with Crippen molar-refractivity contribution in [1.29, 1.82) is 0 Å². The highest BCUT2D eigenvalue weighted by Crippen LogP contribution is 2.28. The molecule has 0 saturated heterocycles. The molecule has 0 amide bonds. The SMILES string of the molecule is CC(Nc1cccnc1Br)c1ccc2c(c1)CCCC2. The average Bonchev–Trinajstić information content (AvgIpc) is 2.49. The largest absolute Gasteiger partial charge is 0.376 e. The van der Waals surface area contributed by atoms with E-state index < -0.39 is 0 Å². The van der Waals surface area contributed by atoms with Crippen LogP contribution in [0.3, 0.4) is 0 Å². The zero-order valence-corrected chi connectivity index (χ0v) is 13.3. The standard InChI is InChI=1S/C17H19BrN2/c1-12(20-16-7-4-10-19-17(16)18)14-9-8-13-5-2-3-6-15(13)11-14/h4,7-12,20H,2-3,5-6H2,1H3. The molecule has 1 unspecified atom stereocenters. The van der Waals surface area contributed by atoms with Gasteiger partial charge in [0.15, 0.2) is 0 Å². The number of fused-ring (bicyclic) bond motifs is 1. The maximum absolute atomic E-state index is 4.25. The highest BCUT2D eigenvalue weighted by Gasteiger charge is 2.13. The fourth-order valence-electron chi connectivity index (χ4n) is 2.83. The number of hydrogen-bond acceptors (Lipinski definition) is 2. The maximum atomic E-state index is 4.25. The van der Waals surface area contributed by atoms with Crippen molar-refractivity contribution < 1.29 is 0 Å². The quantitative estimate of drug-likeness (QED) is 0.810. The molecule has 0 spiro atoms. The van der Waals surface area contributed by atoms with Crippen LogP contribution in [0.25, 0.3) is 0 Å². The third-order valence-corrected chi connectivity index (χ3v) is 4.64. The zero-order chi connectivity index (χ0) is 13.9. The van der Waals surface area contributed by atoms with Gasteiger partial charge in [-0.3, -0.25) is 0 Å². The molecule has 0 bridgehead atoms. The van der Waals surface area contributed by atoms with Crippen LogP contribution in [0.5, 0.6) is 0 Å². The van der Waals surface area contributed by atoms with Gasteiger partial charge in [-0.2, -0.15) is 0 Å². The summed E-state index contributed by atoms with van der Waals surface area (Å²) in [6.07, 6.45) is 6.92. The molecular weight excluding hydrogens is 312 g/mol. The Bertz CT molecular complexity index is 610. The molecule has 104 valence electrons. The fraction of sp³-hybridized carbons (Fsp3) is 0.353. The minimum absolute atomic E-state index is 0.280. The van der Waals surface area contributed by atoms with E-state index in [0.29, 0.717) is 0 Å².